The molecule has 1 aromatic rings. The summed E-state index contributed by atoms with van der Waals surface area (Å²) in [6.45, 7) is 2.70. The van der Waals surface area contributed by atoms with Crippen molar-refractivity contribution in [2.75, 3.05) is 27.4 Å². The zero-order valence-corrected chi connectivity index (χ0v) is 10.6. The number of hydrogen-bond acceptors (Lipinski definition) is 5. The van der Waals surface area contributed by atoms with E-state index in [1.54, 1.807) is 12.1 Å². The van der Waals surface area contributed by atoms with Gasteiger partial charge in [-0.15, -0.1) is 0 Å². The van der Waals surface area contributed by atoms with Crippen LogP contribution in [-0.4, -0.2) is 39.1 Å². The zero-order chi connectivity index (χ0) is 13.1. The summed E-state index contributed by atoms with van der Waals surface area (Å²) >= 11 is 0. The van der Waals surface area contributed by atoms with E-state index < -0.39 is 0 Å². The van der Waals surface area contributed by atoms with Gasteiger partial charge in [-0.1, -0.05) is 0 Å². The van der Waals surface area contributed by atoms with Crippen LogP contribution in [0.1, 0.15) is 22.8 Å². The highest BCUT2D eigenvalue weighted by Gasteiger charge is 2.20. The Morgan fingerprint density at radius 1 is 1.28 bits per heavy atom. The summed E-state index contributed by atoms with van der Waals surface area (Å²) in [4.78, 5) is 15.8. The normalized spacial score (nSPS) is 13.8. The molecule has 0 spiro atoms. The maximum atomic E-state index is 11.6. The molecule has 0 N–H and O–H groups in total. The summed E-state index contributed by atoms with van der Waals surface area (Å²) < 4.78 is 15.9. The highest BCUT2D eigenvalue weighted by atomic mass is 16.5. The number of ether oxygens (including phenoxy) is 3. The van der Waals surface area contributed by atoms with Crippen LogP contribution in [0.5, 0.6) is 11.5 Å². The minimum absolute atomic E-state index is 0.107. The predicted octanol–water partition coefficient (Wildman–Crippen LogP) is 1.68. The second-order valence-electron chi connectivity index (χ2n) is 3.85. The molecular formula is C13H15NO4. The Kier molecular flexibility index (Phi) is 3.50. The molecule has 18 heavy (non-hydrogen) atoms. The number of ketones is 1. The van der Waals surface area contributed by atoms with Gasteiger partial charge in [0.15, 0.2) is 5.78 Å². The van der Waals surface area contributed by atoms with Crippen molar-refractivity contribution in [3.8, 4) is 11.5 Å². The molecule has 0 amide bonds. The maximum absolute atomic E-state index is 11.6. The molecule has 0 atom stereocenters. The summed E-state index contributed by atoms with van der Waals surface area (Å²) in [6, 6.07) is 3.48. The van der Waals surface area contributed by atoms with E-state index in [0.717, 1.165) is 5.56 Å². The van der Waals surface area contributed by atoms with Gasteiger partial charge < -0.3 is 14.2 Å². The van der Waals surface area contributed by atoms with Crippen LogP contribution in [0.4, 0.5) is 0 Å². The lowest BCUT2D eigenvalue weighted by molar-refractivity contribution is 0.101. The Morgan fingerprint density at radius 2 is 1.89 bits per heavy atom. The van der Waals surface area contributed by atoms with Gasteiger partial charge in [0.05, 0.1) is 20.8 Å². The van der Waals surface area contributed by atoms with Gasteiger partial charge in [-0.2, -0.15) is 0 Å². The second kappa shape index (κ2) is 5.08. The van der Waals surface area contributed by atoms with Crippen molar-refractivity contribution in [1.29, 1.82) is 0 Å². The van der Waals surface area contributed by atoms with E-state index in [0.29, 0.717) is 36.1 Å². The number of benzene rings is 1. The molecular weight excluding hydrogens is 234 g/mol. The van der Waals surface area contributed by atoms with Crippen molar-refractivity contribution in [1.82, 2.24) is 0 Å². The van der Waals surface area contributed by atoms with Crippen molar-refractivity contribution in [2.45, 2.75) is 6.92 Å². The summed E-state index contributed by atoms with van der Waals surface area (Å²) in [5, 5.41) is 0. The van der Waals surface area contributed by atoms with Crippen molar-refractivity contribution >= 4 is 11.7 Å². The standard InChI is InChI=1S/C13H15NO4/c1-8(15)12-10(16-2)6-9(7-11(12)17-3)13-14-4-5-18-13/h6-7H,4-5H2,1-3H3. The van der Waals surface area contributed by atoms with Crippen LogP contribution in [0.2, 0.25) is 0 Å². The van der Waals surface area contributed by atoms with Crippen molar-refractivity contribution in [3.05, 3.63) is 23.3 Å². The SMILES string of the molecule is COc1cc(C2=NCCO2)cc(OC)c1C(C)=O. The van der Waals surface area contributed by atoms with Gasteiger partial charge in [-0.05, 0) is 19.1 Å². The summed E-state index contributed by atoms with van der Waals surface area (Å²) in [5.74, 6) is 1.39. The Hall–Kier alpha value is -2.04. The summed E-state index contributed by atoms with van der Waals surface area (Å²) in [7, 11) is 3.03. The fourth-order valence-electron chi connectivity index (χ4n) is 1.89. The number of rotatable bonds is 4. The van der Waals surface area contributed by atoms with Crippen LogP contribution in [0.15, 0.2) is 17.1 Å². The van der Waals surface area contributed by atoms with Gasteiger partial charge in [0.1, 0.15) is 23.7 Å². The molecule has 1 aliphatic heterocycles. The molecule has 2 rings (SSSR count). The van der Waals surface area contributed by atoms with E-state index in [1.807, 2.05) is 0 Å². The van der Waals surface area contributed by atoms with Crippen LogP contribution >= 0.6 is 0 Å². The van der Waals surface area contributed by atoms with E-state index in [9.17, 15) is 4.79 Å². The zero-order valence-electron chi connectivity index (χ0n) is 10.6. The molecule has 0 aromatic heterocycles. The fraction of sp³-hybridized carbons (Fsp3) is 0.385. The first-order valence-electron chi connectivity index (χ1n) is 5.62. The summed E-state index contributed by atoms with van der Waals surface area (Å²) in [6.07, 6.45) is 0. The number of nitrogens with zero attached hydrogens (tertiary/aromatic N) is 1. The first-order valence-corrected chi connectivity index (χ1v) is 5.62. The van der Waals surface area contributed by atoms with Crippen LogP contribution in [0, 0.1) is 0 Å². The topological polar surface area (TPSA) is 57.1 Å². The van der Waals surface area contributed by atoms with Gasteiger partial charge in [0.2, 0.25) is 5.90 Å². The van der Waals surface area contributed by atoms with Gasteiger partial charge in [-0.3, -0.25) is 4.79 Å². The Bertz CT molecular complexity index is 483. The van der Waals surface area contributed by atoms with Crippen LogP contribution in [0.25, 0.3) is 0 Å². The number of hydrogen-bond donors (Lipinski definition) is 0. The van der Waals surface area contributed by atoms with Gasteiger partial charge in [0.25, 0.3) is 0 Å². The first kappa shape index (κ1) is 12.4. The monoisotopic (exact) mass is 249 g/mol. The molecule has 0 saturated heterocycles. The third-order valence-electron chi connectivity index (χ3n) is 2.69. The van der Waals surface area contributed by atoms with Crippen LogP contribution in [0.3, 0.4) is 0 Å². The molecule has 1 aromatic carbocycles. The van der Waals surface area contributed by atoms with Gasteiger partial charge in [0, 0.05) is 5.56 Å². The Morgan fingerprint density at radius 3 is 2.28 bits per heavy atom. The molecule has 5 nitrogen and oxygen atoms in total. The lowest BCUT2D eigenvalue weighted by Gasteiger charge is -2.13. The fourth-order valence-corrected chi connectivity index (χ4v) is 1.89. The molecule has 0 saturated carbocycles. The number of Topliss-reactive ketones (excluding diaryl/α,β-unsaturated/α-hetero) is 1. The lowest BCUT2D eigenvalue weighted by atomic mass is 10.1. The van der Waals surface area contributed by atoms with E-state index in [4.69, 9.17) is 14.2 Å². The third kappa shape index (κ3) is 2.16. The molecule has 0 unspecified atom stereocenters. The smallest absolute Gasteiger partial charge is 0.216 e. The number of methoxy groups -OCH3 is 2. The van der Waals surface area contributed by atoms with Crippen LogP contribution in [-0.2, 0) is 4.74 Å². The van der Waals surface area contributed by atoms with Gasteiger partial charge >= 0.3 is 0 Å². The Labute approximate surface area is 105 Å². The molecule has 0 bridgehead atoms. The quantitative estimate of drug-likeness (QED) is 0.762. The third-order valence-corrected chi connectivity index (χ3v) is 2.69. The highest BCUT2D eigenvalue weighted by molar-refractivity contribution is 6.03. The average Bonchev–Trinajstić information content (AvgIpc) is 2.90. The number of carbonyl (C=O) groups is 1. The molecule has 1 aliphatic rings. The molecule has 96 valence electrons. The van der Waals surface area contributed by atoms with Crippen molar-refractivity contribution in [3.63, 3.8) is 0 Å². The van der Waals surface area contributed by atoms with Gasteiger partial charge in [-0.25, -0.2) is 4.99 Å². The molecule has 5 heteroatoms. The average molecular weight is 249 g/mol. The highest BCUT2D eigenvalue weighted by Crippen LogP contribution is 2.31. The molecule has 0 aliphatic carbocycles. The minimum atomic E-state index is -0.107. The van der Waals surface area contributed by atoms with Crippen LogP contribution < -0.4 is 9.47 Å². The maximum Gasteiger partial charge on any atom is 0.216 e. The van der Waals surface area contributed by atoms with Crippen molar-refractivity contribution in [2.24, 2.45) is 4.99 Å². The first-order chi connectivity index (χ1) is 8.67. The minimum Gasteiger partial charge on any atom is -0.496 e. The largest absolute Gasteiger partial charge is 0.496 e. The predicted molar refractivity (Wildman–Crippen MR) is 66.9 cm³/mol. The Balaban J connectivity index is 2.55. The van der Waals surface area contributed by atoms with E-state index in [1.165, 1.54) is 21.1 Å². The number of aliphatic imine (C=N–C) groups is 1. The number of carbonyl (C=O) groups excluding carboxylic acids is 1. The molecule has 0 radical (unpaired) electrons. The lowest BCUT2D eigenvalue weighted by Crippen LogP contribution is -2.07. The second-order valence-corrected chi connectivity index (χ2v) is 3.85. The van der Waals surface area contributed by atoms with Crippen molar-refractivity contribution < 1.29 is 19.0 Å². The van der Waals surface area contributed by atoms with E-state index in [-0.39, 0.29) is 5.78 Å². The molecule has 0 fully saturated rings. The molecule has 1 heterocycles. The van der Waals surface area contributed by atoms with E-state index >= 15 is 0 Å². The van der Waals surface area contributed by atoms with E-state index in [2.05, 4.69) is 4.99 Å². The summed E-state index contributed by atoms with van der Waals surface area (Å²) in [5.41, 5.74) is 1.19.